The van der Waals surface area contributed by atoms with Crippen LogP contribution in [-0.4, -0.2) is 75.2 Å². The van der Waals surface area contributed by atoms with Gasteiger partial charge in [0.1, 0.15) is 18.2 Å². The van der Waals surface area contributed by atoms with Crippen molar-refractivity contribution in [2.75, 3.05) is 20.2 Å². The third-order valence-corrected chi connectivity index (χ3v) is 3.97. The van der Waals surface area contributed by atoms with Crippen LogP contribution in [0.15, 0.2) is 0 Å². The highest BCUT2D eigenvalue weighted by Gasteiger charge is 2.42. The maximum absolute atomic E-state index is 12.0. The molecule has 0 bridgehead atoms. The van der Waals surface area contributed by atoms with Gasteiger partial charge in [-0.1, -0.05) is 0 Å². The van der Waals surface area contributed by atoms with E-state index in [1.807, 2.05) is 0 Å². The normalized spacial score (nSPS) is 31.1. The van der Waals surface area contributed by atoms with E-state index in [2.05, 4.69) is 4.52 Å². The Balaban J connectivity index is 1.96. The minimum Gasteiger partial charge on any atom is -0.390 e. The maximum Gasteiger partial charge on any atom is 0.469 e. The average Bonchev–Trinajstić information content (AvgIpc) is 2.74. The number of aliphatic hydroxyl groups excluding tert-OH is 1. The number of ether oxygens (including phenoxy) is 1. The average molecular weight is 323 g/mol. The lowest BCUT2D eigenvalue weighted by atomic mass is 10.1. The number of nitrogens with zero attached hydrogens (tertiary/aromatic N) is 2. The molecule has 0 unspecified atom stereocenters. The van der Waals surface area contributed by atoms with E-state index >= 15 is 0 Å². The van der Waals surface area contributed by atoms with E-state index < -0.39 is 38.9 Å². The second-order valence-corrected chi connectivity index (χ2v) is 6.19. The lowest BCUT2D eigenvalue weighted by Crippen LogP contribution is -2.54. The minimum atomic E-state index is -4.63. The Hall–Kier alpha value is -1.03. The van der Waals surface area contributed by atoms with E-state index in [1.54, 1.807) is 0 Å². The number of phosphoric ester groups is 1. The van der Waals surface area contributed by atoms with Crippen LogP contribution in [0.5, 0.6) is 0 Å². The SMILES string of the molecule is CN1C(=N)CCN([C@H]2C[C@H](O)[C@@H](COP(=O)(O)O)O2)C1=O. The summed E-state index contributed by atoms with van der Waals surface area (Å²) in [6, 6.07) is -0.403. The van der Waals surface area contributed by atoms with Gasteiger partial charge in [0.2, 0.25) is 0 Å². The van der Waals surface area contributed by atoms with E-state index in [1.165, 1.54) is 16.8 Å². The zero-order valence-electron chi connectivity index (χ0n) is 11.4. The summed E-state index contributed by atoms with van der Waals surface area (Å²) in [6.07, 6.45) is -2.10. The van der Waals surface area contributed by atoms with Crippen molar-refractivity contribution in [3.05, 3.63) is 0 Å². The van der Waals surface area contributed by atoms with Gasteiger partial charge in [0.15, 0.2) is 0 Å². The van der Waals surface area contributed by atoms with Crippen LogP contribution in [0, 0.1) is 5.41 Å². The van der Waals surface area contributed by atoms with Crippen molar-refractivity contribution in [2.24, 2.45) is 0 Å². The van der Waals surface area contributed by atoms with Crippen molar-refractivity contribution >= 4 is 19.7 Å². The fraction of sp³-hybridized carbons (Fsp3) is 0.800. The van der Waals surface area contributed by atoms with Crippen LogP contribution in [0.4, 0.5) is 4.79 Å². The van der Waals surface area contributed by atoms with Gasteiger partial charge in [-0.15, -0.1) is 0 Å². The summed E-state index contributed by atoms with van der Waals surface area (Å²) in [4.78, 5) is 31.9. The Kier molecular flexibility index (Phi) is 4.66. The van der Waals surface area contributed by atoms with E-state index in [-0.39, 0.29) is 12.3 Å². The van der Waals surface area contributed by atoms with E-state index in [9.17, 15) is 14.5 Å². The summed E-state index contributed by atoms with van der Waals surface area (Å²) < 4.78 is 20.4. The Morgan fingerprint density at radius 2 is 2.19 bits per heavy atom. The summed E-state index contributed by atoms with van der Waals surface area (Å²) in [7, 11) is -3.15. The predicted molar refractivity (Wildman–Crippen MR) is 69.5 cm³/mol. The molecule has 0 aromatic heterocycles. The van der Waals surface area contributed by atoms with Gasteiger partial charge in [0, 0.05) is 26.4 Å². The summed E-state index contributed by atoms with van der Waals surface area (Å²) in [5.41, 5.74) is 0. The smallest absolute Gasteiger partial charge is 0.390 e. The molecule has 4 N–H and O–H groups in total. The van der Waals surface area contributed by atoms with Gasteiger partial charge in [-0.3, -0.25) is 19.7 Å². The first-order chi connectivity index (χ1) is 9.69. The van der Waals surface area contributed by atoms with Gasteiger partial charge in [-0.2, -0.15) is 0 Å². The Morgan fingerprint density at radius 3 is 2.81 bits per heavy atom. The second-order valence-electron chi connectivity index (χ2n) is 4.95. The van der Waals surface area contributed by atoms with Crippen molar-refractivity contribution in [1.82, 2.24) is 9.80 Å². The number of amidine groups is 1. The molecule has 2 aliphatic heterocycles. The van der Waals surface area contributed by atoms with E-state index in [4.69, 9.17) is 19.9 Å². The molecule has 11 heteroatoms. The van der Waals surface area contributed by atoms with Crippen LogP contribution in [0.25, 0.3) is 0 Å². The summed E-state index contributed by atoms with van der Waals surface area (Å²) in [5.74, 6) is 0.205. The third kappa shape index (κ3) is 3.79. The Morgan fingerprint density at radius 1 is 1.52 bits per heavy atom. The van der Waals surface area contributed by atoms with Crippen molar-refractivity contribution < 1.29 is 33.5 Å². The highest BCUT2D eigenvalue weighted by atomic mass is 31.2. The molecular weight excluding hydrogens is 305 g/mol. The molecule has 2 aliphatic rings. The van der Waals surface area contributed by atoms with Gasteiger partial charge in [-0.25, -0.2) is 9.36 Å². The Labute approximate surface area is 121 Å². The number of carbonyl (C=O) groups is 1. The molecule has 2 heterocycles. The van der Waals surface area contributed by atoms with Crippen LogP contribution >= 0.6 is 7.82 Å². The molecule has 0 saturated carbocycles. The van der Waals surface area contributed by atoms with E-state index in [0.29, 0.717) is 13.0 Å². The third-order valence-electron chi connectivity index (χ3n) is 3.49. The molecule has 2 rings (SSSR count). The monoisotopic (exact) mass is 323 g/mol. The fourth-order valence-corrected chi connectivity index (χ4v) is 2.63. The molecule has 0 aromatic rings. The summed E-state index contributed by atoms with van der Waals surface area (Å²) in [6.45, 7) is -0.166. The van der Waals surface area contributed by atoms with Crippen LogP contribution < -0.4 is 0 Å². The quantitative estimate of drug-likeness (QED) is 0.501. The van der Waals surface area contributed by atoms with E-state index in [0.717, 1.165) is 0 Å². The van der Waals surface area contributed by atoms with Gasteiger partial charge in [0.25, 0.3) is 0 Å². The van der Waals surface area contributed by atoms with Crippen molar-refractivity contribution in [3.8, 4) is 0 Å². The predicted octanol–water partition coefficient (Wildman–Crippen LogP) is -0.694. The molecule has 0 spiro atoms. The van der Waals surface area contributed by atoms with Gasteiger partial charge >= 0.3 is 13.9 Å². The molecule has 2 amide bonds. The number of rotatable bonds is 4. The molecule has 2 fully saturated rings. The lowest BCUT2D eigenvalue weighted by Gasteiger charge is -2.36. The van der Waals surface area contributed by atoms with Gasteiger partial charge in [-0.05, 0) is 0 Å². The number of amides is 2. The fourth-order valence-electron chi connectivity index (χ4n) is 2.29. The maximum atomic E-state index is 12.0. The molecule has 120 valence electrons. The van der Waals surface area contributed by atoms with Gasteiger partial charge in [0.05, 0.1) is 12.7 Å². The van der Waals surface area contributed by atoms with Crippen LogP contribution in [-0.2, 0) is 13.8 Å². The first-order valence-corrected chi connectivity index (χ1v) is 7.87. The summed E-state index contributed by atoms with van der Waals surface area (Å²) >= 11 is 0. The summed E-state index contributed by atoms with van der Waals surface area (Å²) in [5, 5.41) is 17.4. The molecule has 21 heavy (non-hydrogen) atoms. The zero-order chi connectivity index (χ0) is 15.8. The Bertz CT molecular complexity index is 481. The molecule has 3 atom stereocenters. The van der Waals surface area contributed by atoms with Crippen LogP contribution in [0.1, 0.15) is 12.8 Å². The largest absolute Gasteiger partial charge is 0.469 e. The minimum absolute atomic E-state index is 0.127. The second kappa shape index (κ2) is 5.99. The molecule has 0 radical (unpaired) electrons. The standard InChI is InChI=1S/C10H18N3O7P/c1-12-8(11)2-3-13(10(12)15)9-4-6(14)7(20-9)5-19-21(16,17)18/h6-7,9,11,14H,2-5H2,1H3,(H2,16,17,18)/t6-,7+,9+/m0/s1. The van der Waals surface area contributed by atoms with Gasteiger partial charge < -0.3 is 19.6 Å². The highest BCUT2D eigenvalue weighted by Crippen LogP contribution is 2.37. The molecule has 2 saturated heterocycles. The topological polar surface area (TPSA) is 144 Å². The number of nitrogens with one attached hydrogen (secondary N) is 1. The molecule has 0 aromatic carbocycles. The van der Waals surface area contributed by atoms with Crippen molar-refractivity contribution in [3.63, 3.8) is 0 Å². The zero-order valence-corrected chi connectivity index (χ0v) is 12.3. The molecule has 10 nitrogen and oxygen atoms in total. The number of carbonyl (C=O) groups excluding carboxylic acids is 1. The van der Waals surface area contributed by atoms with Crippen molar-refractivity contribution in [1.29, 1.82) is 5.41 Å². The number of phosphoric acid groups is 1. The number of hydrogen-bond donors (Lipinski definition) is 4. The number of urea groups is 1. The first kappa shape index (κ1) is 16.3. The molecular formula is C10H18N3O7P. The number of hydrogen-bond acceptors (Lipinski definition) is 6. The number of aliphatic hydroxyl groups is 1. The van der Waals surface area contributed by atoms with Crippen LogP contribution in [0.2, 0.25) is 0 Å². The highest BCUT2D eigenvalue weighted by molar-refractivity contribution is 7.46. The first-order valence-electron chi connectivity index (χ1n) is 6.34. The van der Waals surface area contributed by atoms with Crippen molar-refractivity contribution in [2.45, 2.75) is 31.3 Å². The lowest BCUT2D eigenvalue weighted by molar-refractivity contribution is -0.0661. The van der Waals surface area contributed by atoms with Crippen LogP contribution in [0.3, 0.4) is 0 Å². The molecule has 0 aliphatic carbocycles.